The lowest BCUT2D eigenvalue weighted by atomic mass is 9.85. The van der Waals surface area contributed by atoms with Gasteiger partial charge in [-0.2, -0.15) is 0 Å². The van der Waals surface area contributed by atoms with Gasteiger partial charge in [0.2, 0.25) is 17.6 Å². The van der Waals surface area contributed by atoms with Crippen LogP contribution >= 0.6 is 0 Å². The van der Waals surface area contributed by atoms with Crippen LogP contribution in [0.15, 0.2) is 25.3 Å². The summed E-state index contributed by atoms with van der Waals surface area (Å²) in [6.45, 7) is 15.6. The summed E-state index contributed by atoms with van der Waals surface area (Å²) in [5.41, 5.74) is -1.80. The summed E-state index contributed by atoms with van der Waals surface area (Å²) in [7, 11) is 0. The molecule has 1 fully saturated rings. The van der Waals surface area contributed by atoms with Gasteiger partial charge in [0.25, 0.3) is 11.8 Å². The molecule has 0 aromatic heterocycles. The minimum absolute atomic E-state index is 0.00922. The van der Waals surface area contributed by atoms with Crippen molar-refractivity contribution in [1.82, 2.24) is 20.9 Å². The molecule has 1 heterocycles. The molecule has 1 saturated heterocycles. The van der Waals surface area contributed by atoms with Crippen LogP contribution in [0, 0.1) is 5.41 Å². The number of carbonyl (C=O) groups is 5. The Bertz CT molecular complexity index is 923. The molecule has 0 aromatic rings. The average Bonchev–Trinajstić information content (AvgIpc) is 3.08. The Labute approximate surface area is 216 Å². The van der Waals surface area contributed by atoms with Crippen molar-refractivity contribution in [1.29, 1.82) is 0 Å². The fourth-order valence-electron chi connectivity index (χ4n) is 3.60. The molecule has 0 spiro atoms. The number of ether oxygens (including phenoxy) is 1. The largest absolute Gasteiger partial charge is 0.444 e. The number of hydrogen-bond donors (Lipinski definition) is 3. The van der Waals surface area contributed by atoms with Crippen molar-refractivity contribution in [2.45, 2.75) is 84.0 Å². The molecular formula is C25H38F2N4O6. The monoisotopic (exact) mass is 528 g/mol. The number of ketones is 1. The number of nitrogens with zero attached hydrogens (tertiary/aromatic N) is 1. The Morgan fingerprint density at radius 3 is 2.14 bits per heavy atom. The highest BCUT2D eigenvalue weighted by atomic mass is 19.3. The standard InChI is InChI=1S/C25H38F2N4O6/c1-9-11-15(17(32)20(34)28-12-10-2)29-19(33)16-13-25(26,27)14-31(16)21(35)18(23(3,4)5)30-22(36)37-24(6,7)8/h9-10,15-16,18H,1-2,11-14H2,3-8H3,(H,28,34)(H,29,33)(H,30,36). The molecule has 4 amide bonds. The maximum atomic E-state index is 14.5. The number of rotatable bonds is 10. The first-order chi connectivity index (χ1) is 16.8. The van der Waals surface area contributed by atoms with Gasteiger partial charge in [0, 0.05) is 13.0 Å². The quantitative estimate of drug-likeness (QED) is 0.294. The van der Waals surface area contributed by atoms with E-state index in [4.69, 9.17) is 4.74 Å². The number of alkyl halides is 2. The third-order valence-corrected chi connectivity index (χ3v) is 5.30. The third kappa shape index (κ3) is 9.58. The smallest absolute Gasteiger partial charge is 0.408 e. The summed E-state index contributed by atoms with van der Waals surface area (Å²) in [4.78, 5) is 64.2. The van der Waals surface area contributed by atoms with E-state index in [-0.39, 0.29) is 13.0 Å². The lowest BCUT2D eigenvalue weighted by Gasteiger charge is -2.35. The molecule has 1 aliphatic heterocycles. The first kappa shape index (κ1) is 31.7. The van der Waals surface area contributed by atoms with Crippen molar-refractivity contribution in [2.24, 2.45) is 5.41 Å². The van der Waals surface area contributed by atoms with Gasteiger partial charge in [-0.05, 0) is 32.6 Å². The zero-order chi connectivity index (χ0) is 28.8. The van der Waals surface area contributed by atoms with Crippen LogP contribution in [-0.4, -0.2) is 77.2 Å². The van der Waals surface area contributed by atoms with Crippen molar-refractivity contribution in [3.05, 3.63) is 25.3 Å². The molecule has 3 N–H and O–H groups in total. The maximum Gasteiger partial charge on any atom is 0.408 e. The summed E-state index contributed by atoms with van der Waals surface area (Å²) in [6, 6.07) is -4.33. The summed E-state index contributed by atoms with van der Waals surface area (Å²) in [5.74, 6) is -7.34. The molecule has 0 radical (unpaired) electrons. The van der Waals surface area contributed by atoms with Crippen molar-refractivity contribution >= 4 is 29.6 Å². The molecule has 0 aromatic carbocycles. The highest BCUT2D eigenvalue weighted by Crippen LogP contribution is 2.34. The second-order valence-corrected chi connectivity index (χ2v) is 10.9. The Morgan fingerprint density at radius 1 is 1.05 bits per heavy atom. The molecular weight excluding hydrogens is 490 g/mol. The van der Waals surface area contributed by atoms with Crippen LogP contribution in [0.5, 0.6) is 0 Å². The number of Topliss-reactive ketones (excluding diaryl/α,β-unsaturated/α-hetero) is 1. The molecule has 0 bridgehead atoms. The molecule has 1 aliphatic rings. The fourth-order valence-corrected chi connectivity index (χ4v) is 3.60. The SMILES string of the molecule is C=CCNC(=O)C(=O)C(CC=C)NC(=O)C1CC(F)(F)CN1C(=O)C(NC(=O)OC(C)(C)C)C(C)(C)C. The zero-order valence-electron chi connectivity index (χ0n) is 22.3. The topological polar surface area (TPSA) is 134 Å². The summed E-state index contributed by atoms with van der Waals surface area (Å²) in [5, 5.41) is 7.03. The summed E-state index contributed by atoms with van der Waals surface area (Å²) < 4.78 is 34.2. The van der Waals surface area contributed by atoms with E-state index in [1.54, 1.807) is 41.5 Å². The lowest BCUT2D eigenvalue weighted by molar-refractivity contribution is -0.144. The number of halogens is 2. The molecule has 208 valence electrons. The second kappa shape index (κ2) is 12.3. The van der Waals surface area contributed by atoms with E-state index < -0.39 is 77.6 Å². The lowest BCUT2D eigenvalue weighted by Crippen LogP contribution is -2.59. The van der Waals surface area contributed by atoms with Gasteiger partial charge in [-0.3, -0.25) is 19.2 Å². The third-order valence-electron chi connectivity index (χ3n) is 5.30. The molecule has 37 heavy (non-hydrogen) atoms. The normalized spacial score (nSPS) is 18.7. The van der Waals surface area contributed by atoms with E-state index in [2.05, 4.69) is 29.1 Å². The van der Waals surface area contributed by atoms with E-state index in [1.165, 1.54) is 12.2 Å². The van der Waals surface area contributed by atoms with E-state index in [0.29, 0.717) is 4.90 Å². The predicted octanol–water partition coefficient (Wildman–Crippen LogP) is 2.09. The molecule has 10 nitrogen and oxygen atoms in total. The number of hydrogen-bond acceptors (Lipinski definition) is 6. The second-order valence-electron chi connectivity index (χ2n) is 10.9. The molecule has 0 aliphatic carbocycles. The fraction of sp³-hybridized carbons (Fsp3) is 0.640. The van der Waals surface area contributed by atoms with Gasteiger partial charge in [0.15, 0.2) is 0 Å². The van der Waals surface area contributed by atoms with Gasteiger partial charge in [-0.1, -0.05) is 32.9 Å². The first-order valence-corrected chi connectivity index (χ1v) is 11.8. The molecule has 0 saturated carbocycles. The van der Waals surface area contributed by atoms with Gasteiger partial charge in [0.05, 0.1) is 6.54 Å². The van der Waals surface area contributed by atoms with E-state index in [1.807, 2.05) is 0 Å². The Hall–Kier alpha value is -3.31. The van der Waals surface area contributed by atoms with Crippen molar-refractivity contribution < 1.29 is 37.5 Å². The number of carbonyl (C=O) groups excluding carboxylic acids is 5. The number of amides is 4. The zero-order valence-corrected chi connectivity index (χ0v) is 22.3. The van der Waals surface area contributed by atoms with Crippen molar-refractivity contribution in [3.8, 4) is 0 Å². The molecule has 1 rings (SSSR count). The van der Waals surface area contributed by atoms with Gasteiger partial charge in [-0.15, -0.1) is 13.2 Å². The van der Waals surface area contributed by atoms with Crippen molar-refractivity contribution in [2.75, 3.05) is 13.1 Å². The summed E-state index contributed by atoms with van der Waals surface area (Å²) >= 11 is 0. The predicted molar refractivity (Wildman–Crippen MR) is 133 cm³/mol. The molecule has 3 unspecified atom stereocenters. The van der Waals surface area contributed by atoms with Crippen LogP contribution < -0.4 is 16.0 Å². The van der Waals surface area contributed by atoms with E-state index >= 15 is 0 Å². The van der Waals surface area contributed by atoms with Crippen LogP contribution in [0.4, 0.5) is 13.6 Å². The molecule has 3 atom stereocenters. The minimum Gasteiger partial charge on any atom is -0.444 e. The van der Waals surface area contributed by atoms with E-state index in [0.717, 1.165) is 0 Å². The highest BCUT2D eigenvalue weighted by molar-refractivity contribution is 6.38. The van der Waals surface area contributed by atoms with Crippen LogP contribution in [0.3, 0.4) is 0 Å². The Balaban J connectivity index is 3.21. The highest BCUT2D eigenvalue weighted by Gasteiger charge is 2.52. The van der Waals surface area contributed by atoms with Gasteiger partial charge in [0.1, 0.15) is 23.7 Å². The van der Waals surface area contributed by atoms with Crippen LogP contribution in [0.1, 0.15) is 54.4 Å². The Morgan fingerprint density at radius 2 is 1.65 bits per heavy atom. The minimum atomic E-state index is -3.40. The number of nitrogens with one attached hydrogen (secondary N) is 3. The van der Waals surface area contributed by atoms with Crippen molar-refractivity contribution in [3.63, 3.8) is 0 Å². The Kier molecular flexibility index (Phi) is 10.5. The van der Waals surface area contributed by atoms with Gasteiger partial charge >= 0.3 is 6.09 Å². The maximum absolute atomic E-state index is 14.5. The van der Waals surface area contributed by atoms with Crippen LogP contribution in [0.25, 0.3) is 0 Å². The van der Waals surface area contributed by atoms with Crippen LogP contribution in [0.2, 0.25) is 0 Å². The van der Waals surface area contributed by atoms with Crippen LogP contribution in [-0.2, 0) is 23.9 Å². The van der Waals surface area contributed by atoms with E-state index in [9.17, 15) is 32.8 Å². The number of likely N-dealkylation sites (tertiary alicyclic amines) is 1. The average molecular weight is 529 g/mol. The number of alkyl carbamates (subject to hydrolysis) is 1. The van der Waals surface area contributed by atoms with Gasteiger partial charge in [-0.25, -0.2) is 13.6 Å². The summed E-state index contributed by atoms with van der Waals surface area (Å²) in [6.07, 6.45) is 0.582. The first-order valence-electron chi connectivity index (χ1n) is 11.8. The van der Waals surface area contributed by atoms with Gasteiger partial charge < -0.3 is 25.6 Å². The molecule has 12 heteroatoms.